The van der Waals surface area contributed by atoms with Gasteiger partial charge in [-0.2, -0.15) is 0 Å². The molecule has 5 nitrogen and oxygen atoms in total. The quantitative estimate of drug-likeness (QED) is 0.771. The van der Waals surface area contributed by atoms with E-state index in [4.69, 9.17) is 0 Å². The Hall–Kier alpha value is -1.10. The first-order valence-corrected chi connectivity index (χ1v) is 7.82. The summed E-state index contributed by atoms with van der Waals surface area (Å²) >= 11 is 0. The maximum Gasteiger partial charge on any atom is 0.226 e. The molecule has 112 valence electrons. The van der Waals surface area contributed by atoms with Gasteiger partial charge in [-0.3, -0.25) is 9.59 Å². The van der Waals surface area contributed by atoms with Gasteiger partial charge in [0.1, 0.15) is 0 Å². The second-order valence-electron chi connectivity index (χ2n) is 6.54. The van der Waals surface area contributed by atoms with E-state index in [0.29, 0.717) is 13.1 Å². The Kier molecular flexibility index (Phi) is 3.71. The second-order valence-corrected chi connectivity index (χ2v) is 6.54. The number of likely N-dealkylation sites (tertiary alicyclic amines) is 1. The first-order chi connectivity index (χ1) is 9.56. The normalized spacial score (nSPS) is 34.4. The number of rotatable bonds is 1. The fraction of sp³-hybridized carbons (Fsp3) is 0.867. The number of aliphatic hydroxyl groups is 1. The summed E-state index contributed by atoms with van der Waals surface area (Å²) in [5, 5.41) is 9.81. The molecule has 0 aliphatic carbocycles. The van der Waals surface area contributed by atoms with Crippen LogP contribution in [0.1, 0.15) is 45.4 Å². The van der Waals surface area contributed by atoms with Gasteiger partial charge in [0.15, 0.2) is 0 Å². The molecule has 2 amide bonds. The number of hydrogen-bond acceptors (Lipinski definition) is 3. The number of aliphatic hydroxyl groups excluding tert-OH is 1. The zero-order chi connectivity index (χ0) is 14.3. The SMILES string of the molecule is CC(=O)N1CCC(C(=O)N2C3CCC2CC(O)C3)CC1. The van der Waals surface area contributed by atoms with E-state index >= 15 is 0 Å². The van der Waals surface area contributed by atoms with Crippen molar-refractivity contribution in [1.29, 1.82) is 0 Å². The second kappa shape index (κ2) is 5.35. The molecule has 0 aromatic heterocycles. The average molecular weight is 280 g/mol. The molecule has 0 aromatic carbocycles. The van der Waals surface area contributed by atoms with Gasteiger partial charge in [0, 0.05) is 38.0 Å². The molecule has 1 N–H and O–H groups in total. The molecule has 0 radical (unpaired) electrons. The maximum absolute atomic E-state index is 12.7. The summed E-state index contributed by atoms with van der Waals surface area (Å²) in [5.74, 6) is 0.452. The van der Waals surface area contributed by atoms with Crippen molar-refractivity contribution in [3.8, 4) is 0 Å². The van der Waals surface area contributed by atoms with Gasteiger partial charge in [0.25, 0.3) is 0 Å². The molecule has 3 aliphatic rings. The summed E-state index contributed by atoms with van der Waals surface area (Å²) in [5.41, 5.74) is 0. The first kappa shape index (κ1) is 13.9. The molecule has 3 aliphatic heterocycles. The van der Waals surface area contributed by atoms with Crippen molar-refractivity contribution >= 4 is 11.8 Å². The molecule has 3 saturated heterocycles. The lowest BCUT2D eigenvalue weighted by atomic mass is 9.92. The van der Waals surface area contributed by atoms with Crippen LogP contribution in [0, 0.1) is 5.92 Å². The minimum absolute atomic E-state index is 0.0731. The molecule has 3 fully saturated rings. The number of fused-ring (bicyclic) bond motifs is 2. The van der Waals surface area contributed by atoms with Crippen LogP contribution in [0.5, 0.6) is 0 Å². The lowest BCUT2D eigenvalue weighted by Gasteiger charge is -2.41. The summed E-state index contributed by atoms with van der Waals surface area (Å²) in [6.45, 7) is 3.00. The van der Waals surface area contributed by atoms with E-state index < -0.39 is 0 Å². The van der Waals surface area contributed by atoms with Crippen molar-refractivity contribution in [2.45, 2.75) is 63.6 Å². The monoisotopic (exact) mass is 280 g/mol. The third kappa shape index (κ3) is 2.43. The van der Waals surface area contributed by atoms with Crippen LogP contribution in [0.3, 0.4) is 0 Å². The largest absolute Gasteiger partial charge is 0.393 e. The average Bonchev–Trinajstić information content (AvgIpc) is 2.70. The molecule has 0 saturated carbocycles. The van der Waals surface area contributed by atoms with Crippen molar-refractivity contribution < 1.29 is 14.7 Å². The van der Waals surface area contributed by atoms with Crippen LogP contribution in [0.25, 0.3) is 0 Å². The predicted molar refractivity (Wildman–Crippen MR) is 73.9 cm³/mol. The number of carbonyl (C=O) groups is 2. The molecule has 3 heterocycles. The van der Waals surface area contributed by atoms with E-state index in [1.807, 2.05) is 4.90 Å². The molecule has 0 aromatic rings. The number of nitrogens with zero attached hydrogens (tertiary/aromatic N) is 2. The predicted octanol–water partition coefficient (Wildman–Crippen LogP) is 0.759. The zero-order valence-electron chi connectivity index (χ0n) is 12.1. The third-order valence-electron chi connectivity index (χ3n) is 5.25. The Balaban J connectivity index is 1.62. The van der Waals surface area contributed by atoms with Crippen molar-refractivity contribution in [2.75, 3.05) is 13.1 Å². The van der Waals surface area contributed by atoms with Crippen LogP contribution in [0.15, 0.2) is 0 Å². The van der Waals surface area contributed by atoms with E-state index in [2.05, 4.69) is 4.90 Å². The van der Waals surface area contributed by atoms with E-state index in [0.717, 1.165) is 38.5 Å². The van der Waals surface area contributed by atoms with Gasteiger partial charge in [-0.25, -0.2) is 0 Å². The van der Waals surface area contributed by atoms with Crippen molar-refractivity contribution in [3.05, 3.63) is 0 Å². The van der Waals surface area contributed by atoms with Crippen LogP contribution < -0.4 is 0 Å². The first-order valence-electron chi connectivity index (χ1n) is 7.82. The van der Waals surface area contributed by atoms with Crippen LogP contribution >= 0.6 is 0 Å². The topological polar surface area (TPSA) is 60.9 Å². The minimum Gasteiger partial charge on any atom is -0.393 e. The molecule has 5 heteroatoms. The Bertz CT molecular complexity index is 390. The summed E-state index contributed by atoms with van der Waals surface area (Å²) in [7, 11) is 0. The standard InChI is InChI=1S/C15H24N2O3/c1-10(18)16-6-4-11(5-7-16)15(20)17-12-2-3-13(17)9-14(19)8-12/h11-14,19H,2-9H2,1H3. The van der Waals surface area contributed by atoms with Crippen LogP contribution in [0.2, 0.25) is 0 Å². The Morgan fingerprint density at radius 2 is 1.55 bits per heavy atom. The van der Waals surface area contributed by atoms with Gasteiger partial charge in [0.05, 0.1) is 6.10 Å². The summed E-state index contributed by atoms with van der Waals surface area (Å²) < 4.78 is 0. The molecular formula is C15H24N2O3. The van der Waals surface area contributed by atoms with Crippen molar-refractivity contribution in [2.24, 2.45) is 5.92 Å². The molecular weight excluding hydrogens is 256 g/mol. The summed E-state index contributed by atoms with van der Waals surface area (Å²) in [6, 6.07) is 0.504. The highest BCUT2D eigenvalue weighted by Crippen LogP contribution is 2.37. The number of amides is 2. The highest BCUT2D eigenvalue weighted by Gasteiger charge is 2.44. The van der Waals surface area contributed by atoms with E-state index in [9.17, 15) is 14.7 Å². The zero-order valence-corrected chi connectivity index (χ0v) is 12.1. The smallest absolute Gasteiger partial charge is 0.226 e. The summed E-state index contributed by atoms with van der Waals surface area (Å²) in [4.78, 5) is 28.0. The third-order valence-corrected chi connectivity index (χ3v) is 5.25. The fourth-order valence-corrected chi connectivity index (χ4v) is 4.16. The van der Waals surface area contributed by atoms with Crippen molar-refractivity contribution in [1.82, 2.24) is 9.80 Å². The molecule has 2 unspecified atom stereocenters. The highest BCUT2D eigenvalue weighted by molar-refractivity contribution is 5.80. The molecule has 0 spiro atoms. The summed E-state index contributed by atoms with van der Waals surface area (Å²) in [6.07, 6.45) is 4.92. The van der Waals surface area contributed by atoms with Crippen LogP contribution in [-0.4, -0.2) is 58.0 Å². The van der Waals surface area contributed by atoms with Gasteiger partial charge in [-0.1, -0.05) is 0 Å². The lowest BCUT2D eigenvalue weighted by molar-refractivity contribution is -0.145. The minimum atomic E-state index is -0.226. The van der Waals surface area contributed by atoms with Crippen molar-refractivity contribution in [3.63, 3.8) is 0 Å². The van der Waals surface area contributed by atoms with Gasteiger partial charge in [0.2, 0.25) is 11.8 Å². The fourth-order valence-electron chi connectivity index (χ4n) is 4.16. The van der Waals surface area contributed by atoms with E-state index in [1.54, 1.807) is 6.92 Å². The number of hydrogen-bond donors (Lipinski definition) is 1. The Morgan fingerprint density at radius 1 is 1.00 bits per heavy atom. The Morgan fingerprint density at radius 3 is 2.05 bits per heavy atom. The maximum atomic E-state index is 12.7. The molecule has 2 atom stereocenters. The van der Waals surface area contributed by atoms with Gasteiger partial charge in [-0.05, 0) is 38.5 Å². The molecule has 2 bridgehead atoms. The van der Waals surface area contributed by atoms with Crippen LogP contribution in [-0.2, 0) is 9.59 Å². The van der Waals surface area contributed by atoms with Gasteiger partial charge < -0.3 is 14.9 Å². The highest BCUT2D eigenvalue weighted by atomic mass is 16.3. The van der Waals surface area contributed by atoms with Gasteiger partial charge in [-0.15, -0.1) is 0 Å². The number of carbonyl (C=O) groups excluding carboxylic acids is 2. The van der Waals surface area contributed by atoms with E-state index in [-0.39, 0.29) is 35.9 Å². The van der Waals surface area contributed by atoms with Crippen LogP contribution in [0.4, 0.5) is 0 Å². The van der Waals surface area contributed by atoms with Gasteiger partial charge >= 0.3 is 0 Å². The number of piperidine rings is 2. The lowest BCUT2D eigenvalue weighted by Crippen LogP contribution is -2.52. The van der Waals surface area contributed by atoms with E-state index in [1.165, 1.54) is 0 Å². The molecule has 20 heavy (non-hydrogen) atoms. The Labute approximate surface area is 119 Å². The molecule has 3 rings (SSSR count).